The molecule has 1 aliphatic heterocycles. The standard InChI is InChI=1S/C7H16N2O3S/c1-13(11,12)9-4-6-2-7(10)5-8-3-6/h6-10H,2-5H2,1H3. The molecule has 0 saturated carbocycles. The van der Waals surface area contributed by atoms with E-state index in [0.717, 1.165) is 12.8 Å². The lowest BCUT2D eigenvalue weighted by Crippen LogP contribution is -2.43. The zero-order valence-electron chi connectivity index (χ0n) is 7.66. The second kappa shape index (κ2) is 4.36. The van der Waals surface area contributed by atoms with Crippen LogP contribution in [0.1, 0.15) is 6.42 Å². The summed E-state index contributed by atoms with van der Waals surface area (Å²) >= 11 is 0. The van der Waals surface area contributed by atoms with Crippen molar-refractivity contribution < 1.29 is 13.5 Å². The maximum absolute atomic E-state index is 10.8. The monoisotopic (exact) mass is 208 g/mol. The summed E-state index contributed by atoms with van der Waals surface area (Å²) in [5.41, 5.74) is 0. The molecule has 13 heavy (non-hydrogen) atoms. The number of rotatable bonds is 3. The molecule has 3 N–H and O–H groups in total. The lowest BCUT2D eigenvalue weighted by molar-refractivity contribution is 0.115. The first-order chi connectivity index (χ1) is 5.97. The van der Waals surface area contributed by atoms with Crippen LogP contribution in [0.25, 0.3) is 0 Å². The van der Waals surface area contributed by atoms with Crippen molar-refractivity contribution in [2.45, 2.75) is 12.5 Å². The molecule has 0 amide bonds. The van der Waals surface area contributed by atoms with E-state index in [9.17, 15) is 13.5 Å². The van der Waals surface area contributed by atoms with E-state index in [4.69, 9.17) is 0 Å². The Morgan fingerprint density at radius 2 is 2.23 bits per heavy atom. The topological polar surface area (TPSA) is 78.4 Å². The van der Waals surface area contributed by atoms with E-state index < -0.39 is 10.0 Å². The Balaban J connectivity index is 2.29. The van der Waals surface area contributed by atoms with Crippen molar-refractivity contribution in [3.8, 4) is 0 Å². The van der Waals surface area contributed by atoms with Crippen molar-refractivity contribution in [3.63, 3.8) is 0 Å². The van der Waals surface area contributed by atoms with Crippen LogP contribution in [0.3, 0.4) is 0 Å². The molecule has 2 atom stereocenters. The zero-order chi connectivity index (χ0) is 9.90. The van der Waals surface area contributed by atoms with E-state index in [1.54, 1.807) is 0 Å². The molecule has 1 saturated heterocycles. The molecule has 0 radical (unpaired) electrons. The molecule has 78 valence electrons. The molecule has 1 heterocycles. The highest BCUT2D eigenvalue weighted by atomic mass is 32.2. The molecule has 1 aliphatic rings. The smallest absolute Gasteiger partial charge is 0.208 e. The Bertz CT molecular complexity index is 252. The lowest BCUT2D eigenvalue weighted by atomic mass is 9.98. The van der Waals surface area contributed by atoms with Gasteiger partial charge in [0.05, 0.1) is 12.4 Å². The molecule has 2 unspecified atom stereocenters. The second-order valence-corrected chi connectivity index (χ2v) is 5.37. The molecule has 0 bridgehead atoms. The van der Waals surface area contributed by atoms with Gasteiger partial charge in [-0.3, -0.25) is 0 Å². The summed E-state index contributed by atoms with van der Waals surface area (Å²) < 4.78 is 24.0. The van der Waals surface area contributed by atoms with E-state index in [-0.39, 0.29) is 12.0 Å². The number of hydrogen-bond acceptors (Lipinski definition) is 4. The normalized spacial score (nSPS) is 30.3. The molecule has 0 spiro atoms. The minimum atomic E-state index is -3.10. The third kappa shape index (κ3) is 4.56. The molecule has 1 fully saturated rings. The summed E-state index contributed by atoms with van der Waals surface area (Å²) in [5.74, 6) is 0.193. The van der Waals surface area contributed by atoms with Gasteiger partial charge in [0.15, 0.2) is 0 Å². The molecule has 0 aromatic rings. The van der Waals surface area contributed by atoms with E-state index in [0.29, 0.717) is 19.5 Å². The van der Waals surface area contributed by atoms with Crippen LogP contribution in [-0.2, 0) is 10.0 Å². The molecule has 6 heteroatoms. The second-order valence-electron chi connectivity index (χ2n) is 3.53. The molecule has 1 rings (SSSR count). The van der Waals surface area contributed by atoms with Crippen LogP contribution in [0.4, 0.5) is 0 Å². The quantitative estimate of drug-likeness (QED) is 0.528. The average Bonchev–Trinajstić information content (AvgIpc) is 2.00. The summed E-state index contributed by atoms with van der Waals surface area (Å²) in [5, 5.41) is 12.3. The number of β-amino-alcohol motifs (C(OH)–C–C–N with tert-alkyl or cyclic N) is 1. The number of aliphatic hydroxyl groups is 1. The van der Waals surface area contributed by atoms with Crippen LogP contribution >= 0.6 is 0 Å². The van der Waals surface area contributed by atoms with Crippen LogP contribution < -0.4 is 10.0 Å². The van der Waals surface area contributed by atoms with Crippen LogP contribution in [0.15, 0.2) is 0 Å². The third-order valence-electron chi connectivity index (χ3n) is 2.05. The summed E-state index contributed by atoms with van der Waals surface area (Å²) in [6.45, 7) is 1.78. The van der Waals surface area contributed by atoms with Crippen molar-refractivity contribution in [3.05, 3.63) is 0 Å². The zero-order valence-corrected chi connectivity index (χ0v) is 8.47. The highest BCUT2D eigenvalue weighted by Crippen LogP contribution is 2.09. The van der Waals surface area contributed by atoms with Gasteiger partial charge >= 0.3 is 0 Å². The van der Waals surface area contributed by atoms with Gasteiger partial charge in [0.25, 0.3) is 0 Å². The van der Waals surface area contributed by atoms with Crippen molar-refractivity contribution in [2.75, 3.05) is 25.9 Å². The average molecular weight is 208 g/mol. The van der Waals surface area contributed by atoms with Gasteiger partial charge in [-0.25, -0.2) is 13.1 Å². The summed E-state index contributed by atoms with van der Waals surface area (Å²) in [7, 11) is -3.10. The predicted molar refractivity (Wildman–Crippen MR) is 49.8 cm³/mol. The fourth-order valence-corrected chi connectivity index (χ4v) is 1.97. The Labute approximate surface area is 78.6 Å². The van der Waals surface area contributed by atoms with Gasteiger partial charge < -0.3 is 10.4 Å². The van der Waals surface area contributed by atoms with Crippen LogP contribution in [0, 0.1) is 5.92 Å². The van der Waals surface area contributed by atoms with Crippen LogP contribution in [-0.4, -0.2) is 45.5 Å². The highest BCUT2D eigenvalue weighted by Gasteiger charge is 2.20. The van der Waals surface area contributed by atoms with Gasteiger partial charge in [-0.2, -0.15) is 0 Å². The fourth-order valence-electron chi connectivity index (χ4n) is 1.43. The minimum absolute atomic E-state index is 0.193. The van der Waals surface area contributed by atoms with Crippen LogP contribution in [0.2, 0.25) is 0 Å². The Hall–Kier alpha value is -0.170. The highest BCUT2D eigenvalue weighted by molar-refractivity contribution is 7.88. The number of sulfonamides is 1. The number of aliphatic hydroxyl groups excluding tert-OH is 1. The molecule has 0 aromatic carbocycles. The van der Waals surface area contributed by atoms with Gasteiger partial charge in [0.1, 0.15) is 0 Å². The molecule has 5 nitrogen and oxygen atoms in total. The van der Waals surface area contributed by atoms with Crippen LogP contribution in [0.5, 0.6) is 0 Å². The Kier molecular flexibility index (Phi) is 3.66. The first-order valence-electron chi connectivity index (χ1n) is 4.31. The maximum Gasteiger partial charge on any atom is 0.208 e. The summed E-state index contributed by atoms with van der Waals surface area (Å²) in [4.78, 5) is 0. The number of nitrogens with one attached hydrogen (secondary N) is 2. The number of piperidine rings is 1. The first kappa shape index (κ1) is 10.9. The van der Waals surface area contributed by atoms with Crippen molar-refractivity contribution in [1.29, 1.82) is 0 Å². The van der Waals surface area contributed by atoms with Gasteiger partial charge in [-0.1, -0.05) is 0 Å². The molecule has 0 aromatic heterocycles. The van der Waals surface area contributed by atoms with E-state index in [1.807, 2.05) is 0 Å². The van der Waals surface area contributed by atoms with Gasteiger partial charge in [-0.15, -0.1) is 0 Å². The van der Waals surface area contributed by atoms with Gasteiger partial charge in [0.2, 0.25) is 10.0 Å². The minimum Gasteiger partial charge on any atom is -0.392 e. The van der Waals surface area contributed by atoms with Gasteiger partial charge in [-0.05, 0) is 18.9 Å². The maximum atomic E-state index is 10.8. The Morgan fingerprint density at radius 3 is 2.77 bits per heavy atom. The van der Waals surface area contributed by atoms with Crippen molar-refractivity contribution in [1.82, 2.24) is 10.0 Å². The summed E-state index contributed by atoms with van der Waals surface area (Å²) in [6.07, 6.45) is 1.45. The number of hydrogen-bond donors (Lipinski definition) is 3. The van der Waals surface area contributed by atoms with Gasteiger partial charge in [0, 0.05) is 13.1 Å². The Morgan fingerprint density at radius 1 is 1.54 bits per heavy atom. The third-order valence-corrected chi connectivity index (χ3v) is 2.74. The SMILES string of the molecule is CS(=O)(=O)NCC1CNCC(O)C1. The summed E-state index contributed by atoms with van der Waals surface area (Å²) in [6, 6.07) is 0. The lowest BCUT2D eigenvalue weighted by Gasteiger charge is -2.26. The van der Waals surface area contributed by atoms with Crippen molar-refractivity contribution in [2.24, 2.45) is 5.92 Å². The largest absolute Gasteiger partial charge is 0.392 e. The predicted octanol–water partition coefficient (Wildman–Crippen LogP) is -1.49. The van der Waals surface area contributed by atoms with E-state index in [2.05, 4.69) is 10.0 Å². The molecule has 0 aliphatic carbocycles. The molecular formula is C7H16N2O3S. The van der Waals surface area contributed by atoms with Crippen molar-refractivity contribution >= 4 is 10.0 Å². The first-order valence-corrected chi connectivity index (χ1v) is 6.20. The van der Waals surface area contributed by atoms with E-state index in [1.165, 1.54) is 0 Å². The molecular weight excluding hydrogens is 192 g/mol. The fraction of sp³-hybridized carbons (Fsp3) is 1.00. The van der Waals surface area contributed by atoms with E-state index >= 15 is 0 Å².